The van der Waals surface area contributed by atoms with E-state index < -0.39 is 0 Å². The average Bonchev–Trinajstić information content (AvgIpc) is 3.23. The molecule has 0 atom stereocenters. The first kappa shape index (κ1) is 25.8. The molecule has 0 radical (unpaired) electrons. The molecule has 0 aliphatic heterocycles. The third kappa shape index (κ3) is 6.29. The number of ether oxygens (including phenoxy) is 6. The lowest BCUT2D eigenvalue weighted by Crippen LogP contribution is -2.08. The highest BCUT2D eigenvalue weighted by atomic mass is 16.5. The van der Waals surface area contributed by atoms with Crippen LogP contribution >= 0.6 is 0 Å². The number of rotatable bonds is 11. The van der Waals surface area contributed by atoms with Gasteiger partial charge in [-0.15, -0.1) is 0 Å². The summed E-state index contributed by atoms with van der Waals surface area (Å²) in [5.41, 5.74) is 3.07. The summed E-state index contributed by atoms with van der Waals surface area (Å²) < 4.78 is 35.5. The molecule has 1 heterocycles. The smallest absolute Gasteiger partial charge is 0.149 e. The second kappa shape index (κ2) is 12.6. The fourth-order valence-corrected chi connectivity index (χ4v) is 4.03. The largest absolute Gasteiger partial charge is 0.497 e. The van der Waals surface area contributed by atoms with Gasteiger partial charge in [0.05, 0.1) is 40.2 Å². The zero-order chi connectivity index (χ0) is 26.0. The van der Waals surface area contributed by atoms with Crippen LogP contribution in [-0.4, -0.2) is 39.6 Å². The van der Waals surface area contributed by atoms with E-state index in [-0.39, 0.29) is 6.61 Å². The first-order chi connectivity index (χ1) is 18.2. The van der Waals surface area contributed by atoms with Crippen LogP contribution in [0.1, 0.15) is 11.3 Å². The van der Waals surface area contributed by atoms with Crippen molar-refractivity contribution in [3.63, 3.8) is 0 Å². The van der Waals surface area contributed by atoms with E-state index in [1.165, 1.54) is 0 Å². The highest BCUT2D eigenvalue weighted by Crippen LogP contribution is 2.31. The second-order valence-corrected chi connectivity index (χ2v) is 8.11. The third-order valence-electron chi connectivity index (χ3n) is 5.95. The summed E-state index contributed by atoms with van der Waals surface area (Å²) in [4.78, 5) is 0. The maximum Gasteiger partial charge on any atom is 0.149 e. The van der Waals surface area contributed by atoms with Crippen molar-refractivity contribution in [3.8, 4) is 40.6 Å². The molecule has 0 fully saturated rings. The van der Waals surface area contributed by atoms with Crippen LogP contribution < -0.4 is 23.7 Å². The van der Waals surface area contributed by atoms with Crippen molar-refractivity contribution < 1.29 is 28.4 Å². The molecule has 0 spiro atoms. The fraction of sp³-hybridized carbons (Fsp3) is 0.267. The Morgan fingerprint density at radius 2 is 1.19 bits per heavy atom. The van der Waals surface area contributed by atoms with Crippen LogP contribution in [-0.2, 0) is 24.5 Å². The van der Waals surface area contributed by atoms with Gasteiger partial charge in [0.25, 0.3) is 0 Å². The summed E-state index contributed by atoms with van der Waals surface area (Å²) in [5.74, 6) is 10.2. The minimum absolute atomic E-state index is 0.280. The van der Waals surface area contributed by atoms with Gasteiger partial charge in [0, 0.05) is 23.6 Å². The van der Waals surface area contributed by atoms with Crippen molar-refractivity contribution in [2.75, 3.05) is 35.0 Å². The van der Waals surface area contributed by atoms with Gasteiger partial charge < -0.3 is 33.0 Å². The van der Waals surface area contributed by atoms with E-state index >= 15 is 0 Å². The summed E-state index contributed by atoms with van der Waals surface area (Å²) >= 11 is 0. The van der Waals surface area contributed by atoms with Crippen molar-refractivity contribution in [1.82, 2.24) is 4.57 Å². The van der Waals surface area contributed by atoms with Gasteiger partial charge in [0.1, 0.15) is 42.0 Å². The fourth-order valence-electron chi connectivity index (χ4n) is 4.03. The first-order valence-electron chi connectivity index (χ1n) is 11.8. The van der Waals surface area contributed by atoms with Gasteiger partial charge in [0.2, 0.25) is 0 Å². The molecule has 37 heavy (non-hydrogen) atoms. The standard InChI is InChI=1S/C30H31NO6/c1-32-20-28-27-19-26(35-4)15-16-29(27)31(30(28)21-37-25-13-9-23(34-3)10-14-25)17-5-6-18-36-24-11-7-22(33-2)8-12-24/h7-16,19H,17-18,20-21H2,1-4H3. The maximum atomic E-state index is 6.16. The van der Waals surface area contributed by atoms with Crippen molar-refractivity contribution in [2.24, 2.45) is 0 Å². The van der Waals surface area contributed by atoms with Crippen molar-refractivity contribution in [1.29, 1.82) is 0 Å². The van der Waals surface area contributed by atoms with E-state index in [4.69, 9.17) is 28.4 Å². The number of nitrogens with zero attached hydrogens (tertiary/aromatic N) is 1. The maximum absolute atomic E-state index is 6.16. The minimum Gasteiger partial charge on any atom is -0.497 e. The van der Waals surface area contributed by atoms with Gasteiger partial charge in [-0.2, -0.15) is 0 Å². The Labute approximate surface area is 217 Å². The Kier molecular flexibility index (Phi) is 8.79. The van der Waals surface area contributed by atoms with Crippen LogP contribution in [0.4, 0.5) is 0 Å². The molecule has 0 saturated heterocycles. The monoisotopic (exact) mass is 501 g/mol. The van der Waals surface area contributed by atoms with Crippen LogP contribution in [0.5, 0.6) is 28.7 Å². The Bertz CT molecular complexity index is 1360. The molecule has 4 aromatic rings. The lowest BCUT2D eigenvalue weighted by atomic mass is 10.1. The van der Waals surface area contributed by atoms with Crippen LogP contribution in [0.15, 0.2) is 66.7 Å². The molecule has 192 valence electrons. The number of aromatic nitrogens is 1. The molecular weight excluding hydrogens is 470 g/mol. The van der Waals surface area contributed by atoms with E-state index in [0.717, 1.165) is 50.9 Å². The topological polar surface area (TPSA) is 60.3 Å². The number of benzene rings is 3. The van der Waals surface area contributed by atoms with Crippen molar-refractivity contribution >= 4 is 10.9 Å². The first-order valence-corrected chi connectivity index (χ1v) is 11.8. The van der Waals surface area contributed by atoms with Crippen LogP contribution in [0.2, 0.25) is 0 Å². The summed E-state index contributed by atoms with van der Waals surface area (Å²) in [6.07, 6.45) is 0. The summed E-state index contributed by atoms with van der Waals surface area (Å²) in [6.45, 7) is 1.54. The van der Waals surface area contributed by atoms with Gasteiger partial charge in [-0.25, -0.2) is 0 Å². The predicted octanol–water partition coefficient (Wildman–Crippen LogP) is 5.47. The summed E-state index contributed by atoms with van der Waals surface area (Å²) in [6, 6.07) is 21.0. The number of hydrogen-bond acceptors (Lipinski definition) is 6. The van der Waals surface area contributed by atoms with Crippen LogP contribution in [0.25, 0.3) is 10.9 Å². The molecular formula is C30H31NO6. The minimum atomic E-state index is 0.280. The second-order valence-electron chi connectivity index (χ2n) is 8.11. The SMILES string of the molecule is COCc1c(COc2ccc(OC)cc2)n(CC#CCOc2ccc(OC)cc2)c2ccc(OC)cc12. The molecule has 0 bridgehead atoms. The van der Waals surface area contributed by atoms with Gasteiger partial charge in [-0.05, 0) is 66.7 Å². The van der Waals surface area contributed by atoms with E-state index in [9.17, 15) is 0 Å². The summed E-state index contributed by atoms with van der Waals surface area (Å²) in [5, 5.41) is 1.05. The molecule has 1 aromatic heterocycles. The average molecular weight is 502 g/mol. The molecule has 0 aliphatic rings. The zero-order valence-corrected chi connectivity index (χ0v) is 21.6. The number of hydrogen-bond donors (Lipinski definition) is 0. The van der Waals surface area contributed by atoms with E-state index in [0.29, 0.717) is 19.8 Å². The Morgan fingerprint density at radius 3 is 1.78 bits per heavy atom. The normalized spacial score (nSPS) is 10.5. The third-order valence-corrected chi connectivity index (χ3v) is 5.95. The van der Waals surface area contributed by atoms with Gasteiger partial charge in [0.15, 0.2) is 0 Å². The number of methoxy groups -OCH3 is 4. The van der Waals surface area contributed by atoms with Gasteiger partial charge >= 0.3 is 0 Å². The van der Waals surface area contributed by atoms with Gasteiger partial charge in [-0.3, -0.25) is 0 Å². The number of fused-ring (bicyclic) bond motifs is 1. The quantitative estimate of drug-likeness (QED) is 0.254. The molecule has 0 amide bonds. The van der Waals surface area contributed by atoms with Crippen LogP contribution in [0, 0.1) is 11.8 Å². The highest BCUT2D eigenvalue weighted by Gasteiger charge is 2.18. The molecule has 4 rings (SSSR count). The molecule has 7 heteroatoms. The Hall–Kier alpha value is -4.28. The van der Waals surface area contributed by atoms with Gasteiger partial charge in [-0.1, -0.05) is 11.8 Å². The molecule has 0 saturated carbocycles. The van der Waals surface area contributed by atoms with Crippen molar-refractivity contribution in [2.45, 2.75) is 19.8 Å². The highest BCUT2D eigenvalue weighted by molar-refractivity contribution is 5.87. The molecule has 0 unspecified atom stereocenters. The van der Waals surface area contributed by atoms with Crippen LogP contribution in [0.3, 0.4) is 0 Å². The Balaban J connectivity index is 1.58. The molecule has 7 nitrogen and oxygen atoms in total. The molecule has 3 aromatic carbocycles. The van der Waals surface area contributed by atoms with E-state index in [1.807, 2.05) is 66.7 Å². The Morgan fingerprint density at radius 1 is 0.622 bits per heavy atom. The van der Waals surface area contributed by atoms with E-state index in [1.54, 1.807) is 28.4 Å². The lowest BCUT2D eigenvalue weighted by molar-refractivity contribution is 0.182. The molecule has 0 aliphatic carbocycles. The predicted molar refractivity (Wildman–Crippen MR) is 143 cm³/mol. The zero-order valence-electron chi connectivity index (χ0n) is 21.6. The molecule has 0 N–H and O–H groups in total. The summed E-state index contributed by atoms with van der Waals surface area (Å²) in [7, 11) is 6.63. The lowest BCUT2D eigenvalue weighted by Gasteiger charge is -2.12. The van der Waals surface area contributed by atoms with Crippen molar-refractivity contribution in [3.05, 3.63) is 78.0 Å². The van der Waals surface area contributed by atoms with E-state index in [2.05, 4.69) is 16.4 Å².